The summed E-state index contributed by atoms with van der Waals surface area (Å²) >= 11 is 5.52. The van der Waals surface area contributed by atoms with E-state index in [-0.39, 0.29) is 0 Å². The van der Waals surface area contributed by atoms with E-state index in [0.29, 0.717) is 11.4 Å². The van der Waals surface area contributed by atoms with Gasteiger partial charge in [0.05, 0.1) is 5.69 Å². The van der Waals surface area contributed by atoms with Crippen LogP contribution in [0.4, 0.5) is 5.69 Å². The summed E-state index contributed by atoms with van der Waals surface area (Å²) in [5.41, 5.74) is 5.38. The molecule has 23 heavy (non-hydrogen) atoms. The van der Waals surface area contributed by atoms with Crippen LogP contribution in [0.5, 0.6) is 5.88 Å². The second-order valence-corrected chi connectivity index (χ2v) is 6.19. The molecule has 1 aromatic heterocycles. The lowest BCUT2D eigenvalue weighted by Crippen LogP contribution is -2.12. The Hall–Kier alpha value is -2.53. The minimum absolute atomic E-state index is 0.561. The van der Waals surface area contributed by atoms with Crippen molar-refractivity contribution in [1.29, 1.82) is 0 Å². The standard InChI is InChI=1S/C18H17N3OS/c1-20(2)14-9-7-12(8-10-14)16-17-21(18(23)19-16)15-6-4-3-5-13(15)11-22-17/h3-10H,11H2,1-2H3,(H,19,23). The highest BCUT2D eigenvalue weighted by Gasteiger charge is 2.22. The zero-order valence-electron chi connectivity index (χ0n) is 13.0. The topological polar surface area (TPSA) is 33.2 Å². The van der Waals surface area contributed by atoms with E-state index >= 15 is 0 Å². The third kappa shape index (κ3) is 2.24. The lowest BCUT2D eigenvalue weighted by molar-refractivity contribution is 0.277. The number of rotatable bonds is 2. The van der Waals surface area contributed by atoms with Crippen molar-refractivity contribution in [2.75, 3.05) is 19.0 Å². The van der Waals surface area contributed by atoms with Gasteiger partial charge in [-0.25, -0.2) is 0 Å². The normalized spacial score (nSPS) is 12.3. The molecule has 116 valence electrons. The van der Waals surface area contributed by atoms with Crippen LogP contribution in [0.1, 0.15) is 5.56 Å². The molecule has 3 aromatic rings. The number of anilines is 1. The van der Waals surface area contributed by atoms with Crippen molar-refractivity contribution in [3.63, 3.8) is 0 Å². The van der Waals surface area contributed by atoms with Crippen molar-refractivity contribution in [1.82, 2.24) is 9.55 Å². The minimum atomic E-state index is 0.561. The third-order valence-electron chi connectivity index (χ3n) is 4.12. The van der Waals surface area contributed by atoms with E-state index in [1.54, 1.807) is 0 Å². The summed E-state index contributed by atoms with van der Waals surface area (Å²) in [6.07, 6.45) is 0. The number of H-pyrrole nitrogens is 1. The van der Waals surface area contributed by atoms with Crippen molar-refractivity contribution in [2.45, 2.75) is 6.61 Å². The van der Waals surface area contributed by atoms with Gasteiger partial charge in [-0.2, -0.15) is 0 Å². The Bertz CT molecular complexity index is 922. The second kappa shape index (κ2) is 5.28. The summed E-state index contributed by atoms with van der Waals surface area (Å²) in [5, 5.41) is 0. The van der Waals surface area contributed by atoms with Gasteiger partial charge in [0, 0.05) is 30.9 Å². The van der Waals surface area contributed by atoms with Crippen LogP contribution in [0.3, 0.4) is 0 Å². The smallest absolute Gasteiger partial charge is 0.225 e. The minimum Gasteiger partial charge on any atom is -0.472 e. The fourth-order valence-corrected chi connectivity index (χ4v) is 3.18. The van der Waals surface area contributed by atoms with E-state index in [9.17, 15) is 0 Å². The van der Waals surface area contributed by atoms with Crippen LogP contribution < -0.4 is 9.64 Å². The molecule has 2 heterocycles. The van der Waals surface area contributed by atoms with Crippen LogP contribution in [0.15, 0.2) is 48.5 Å². The molecule has 0 fully saturated rings. The monoisotopic (exact) mass is 323 g/mol. The average Bonchev–Trinajstić information content (AvgIpc) is 2.92. The summed E-state index contributed by atoms with van der Waals surface area (Å²) in [4.78, 5) is 5.38. The van der Waals surface area contributed by atoms with E-state index < -0.39 is 0 Å². The number of para-hydroxylation sites is 1. The van der Waals surface area contributed by atoms with Crippen LogP contribution in [-0.2, 0) is 6.61 Å². The molecule has 5 heteroatoms. The van der Waals surface area contributed by atoms with Crippen LogP contribution in [0, 0.1) is 4.77 Å². The van der Waals surface area contributed by atoms with Crippen molar-refractivity contribution < 1.29 is 4.74 Å². The van der Waals surface area contributed by atoms with E-state index in [1.807, 2.05) is 30.8 Å². The lowest BCUT2D eigenvalue weighted by atomic mass is 10.1. The number of ether oxygens (including phenoxy) is 1. The van der Waals surface area contributed by atoms with Gasteiger partial charge < -0.3 is 14.6 Å². The quantitative estimate of drug-likeness (QED) is 0.719. The molecule has 4 nitrogen and oxygen atoms in total. The van der Waals surface area contributed by atoms with Gasteiger partial charge in [-0.05, 0) is 30.4 Å². The van der Waals surface area contributed by atoms with E-state index in [0.717, 1.165) is 34.1 Å². The zero-order chi connectivity index (χ0) is 16.0. The fourth-order valence-electron chi connectivity index (χ4n) is 2.89. The first-order valence-electron chi connectivity index (χ1n) is 7.49. The van der Waals surface area contributed by atoms with Gasteiger partial charge in [-0.15, -0.1) is 0 Å². The van der Waals surface area contributed by atoms with Crippen molar-refractivity contribution in [3.05, 3.63) is 58.9 Å². The predicted molar refractivity (Wildman–Crippen MR) is 95.0 cm³/mol. The molecule has 1 N–H and O–H groups in total. The maximum Gasteiger partial charge on any atom is 0.225 e. The molecule has 0 saturated heterocycles. The summed E-state index contributed by atoms with van der Waals surface area (Å²) in [6, 6.07) is 16.5. The van der Waals surface area contributed by atoms with Gasteiger partial charge in [-0.3, -0.25) is 4.57 Å². The van der Waals surface area contributed by atoms with Crippen molar-refractivity contribution >= 4 is 17.9 Å². The van der Waals surface area contributed by atoms with Gasteiger partial charge in [-0.1, -0.05) is 30.3 Å². The first-order chi connectivity index (χ1) is 11.1. The molecule has 0 saturated carbocycles. The molecule has 0 aliphatic carbocycles. The molecule has 1 aliphatic heterocycles. The lowest BCUT2D eigenvalue weighted by Gasteiger charge is -2.20. The molecule has 1 aliphatic rings. The maximum atomic E-state index is 5.99. The summed E-state index contributed by atoms with van der Waals surface area (Å²) in [7, 11) is 4.06. The molecule has 0 spiro atoms. The SMILES string of the molecule is CN(C)c1ccc(-c2[nH]c(=S)n3c2OCc2ccccc2-3)cc1. The molecule has 4 rings (SSSR count). The zero-order valence-corrected chi connectivity index (χ0v) is 13.9. The molecular weight excluding hydrogens is 306 g/mol. The molecule has 2 aromatic carbocycles. The molecule has 0 radical (unpaired) electrons. The Balaban J connectivity index is 1.86. The van der Waals surface area contributed by atoms with Gasteiger partial charge in [0.25, 0.3) is 0 Å². The Kier molecular flexibility index (Phi) is 3.23. The van der Waals surface area contributed by atoms with E-state index in [1.165, 1.54) is 0 Å². The summed E-state index contributed by atoms with van der Waals surface area (Å²) < 4.78 is 8.62. The number of fused-ring (bicyclic) bond motifs is 3. The van der Waals surface area contributed by atoms with Crippen molar-refractivity contribution in [3.8, 4) is 22.8 Å². The highest BCUT2D eigenvalue weighted by molar-refractivity contribution is 7.71. The fraction of sp³-hybridized carbons (Fsp3) is 0.167. The van der Waals surface area contributed by atoms with Crippen LogP contribution >= 0.6 is 12.2 Å². The number of hydrogen-bond donors (Lipinski definition) is 1. The van der Waals surface area contributed by atoms with Crippen molar-refractivity contribution in [2.24, 2.45) is 0 Å². The third-order valence-corrected chi connectivity index (χ3v) is 4.41. The highest BCUT2D eigenvalue weighted by Crippen LogP contribution is 2.37. The van der Waals surface area contributed by atoms with Gasteiger partial charge in [0.1, 0.15) is 12.3 Å². The number of nitrogens with zero attached hydrogens (tertiary/aromatic N) is 2. The molecular formula is C18H17N3OS. The van der Waals surface area contributed by atoms with E-state index in [4.69, 9.17) is 17.0 Å². The summed E-state index contributed by atoms with van der Waals surface area (Å²) in [6.45, 7) is 0.561. The Morgan fingerprint density at radius 3 is 2.57 bits per heavy atom. The molecule has 0 atom stereocenters. The number of aromatic nitrogens is 2. The van der Waals surface area contributed by atoms with E-state index in [2.05, 4.69) is 46.3 Å². The Morgan fingerprint density at radius 1 is 1.09 bits per heavy atom. The molecule has 0 bridgehead atoms. The van der Waals surface area contributed by atoms with Gasteiger partial charge >= 0.3 is 0 Å². The largest absolute Gasteiger partial charge is 0.472 e. The first kappa shape index (κ1) is 14.1. The molecule has 0 amide bonds. The maximum absolute atomic E-state index is 5.99. The number of imidazole rings is 1. The number of nitrogens with one attached hydrogen (secondary N) is 1. The summed E-state index contributed by atoms with van der Waals surface area (Å²) in [5.74, 6) is 0.784. The van der Waals surface area contributed by atoms with Crippen LogP contribution in [-0.4, -0.2) is 23.6 Å². The second-order valence-electron chi connectivity index (χ2n) is 5.80. The highest BCUT2D eigenvalue weighted by atomic mass is 32.1. The Labute approximate surface area is 140 Å². The Morgan fingerprint density at radius 2 is 1.83 bits per heavy atom. The number of benzene rings is 2. The molecule has 0 unspecified atom stereocenters. The predicted octanol–water partition coefficient (Wildman–Crippen LogP) is 4.16. The average molecular weight is 323 g/mol. The first-order valence-corrected chi connectivity index (χ1v) is 7.90. The van der Waals surface area contributed by atoms with Gasteiger partial charge in [0.15, 0.2) is 4.77 Å². The van der Waals surface area contributed by atoms with Crippen LogP contribution in [0.25, 0.3) is 16.9 Å². The van der Waals surface area contributed by atoms with Gasteiger partial charge in [0.2, 0.25) is 5.88 Å². The number of aromatic amines is 1. The van der Waals surface area contributed by atoms with Crippen LogP contribution in [0.2, 0.25) is 0 Å². The number of hydrogen-bond acceptors (Lipinski definition) is 3.